The standard InChI is InChI=1S/C43H72O11/c1-3-5-7-9-11-13-15-16-17-18-19-20-22-23-25-27-29-31-36(44)51-33-35(34-52-43-40(48)38(46)39(47)41(54-43)42(49)50)53-37(45)32-30-28-26-24-21-14-12-10-8-6-4-2/h5,7,11,13,16-17,19-20,35,38-41,43,46-48H,3-4,6,8-10,12,14-15,18,21-34H2,1-2H3,(H,49,50)/b7-5-,13-11-,17-16-,20-19-. The molecule has 1 rings (SSSR count). The van der Waals surface area contributed by atoms with Gasteiger partial charge in [-0.25, -0.2) is 4.79 Å². The van der Waals surface area contributed by atoms with Crippen LogP contribution >= 0.6 is 0 Å². The molecule has 0 radical (unpaired) electrons. The van der Waals surface area contributed by atoms with Crippen molar-refractivity contribution in [2.45, 2.75) is 192 Å². The molecule has 310 valence electrons. The SMILES string of the molecule is CC/C=C\C/C=C\C/C=C\C/C=C\CCCCCCC(=O)OCC(COC1OC(C(=O)O)C(O)C(O)C1O)OC(=O)CCCCCCCCCCCCC. The van der Waals surface area contributed by atoms with E-state index in [1.807, 2.05) is 0 Å². The minimum absolute atomic E-state index is 0.178. The Balaban J connectivity index is 2.42. The summed E-state index contributed by atoms with van der Waals surface area (Å²) in [5, 5.41) is 39.7. The molecule has 0 aromatic carbocycles. The molecule has 6 atom stereocenters. The zero-order valence-corrected chi connectivity index (χ0v) is 33.2. The number of ether oxygens (including phenoxy) is 4. The topological polar surface area (TPSA) is 169 Å². The second-order valence-corrected chi connectivity index (χ2v) is 14.1. The van der Waals surface area contributed by atoms with Crippen molar-refractivity contribution in [1.82, 2.24) is 0 Å². The highest BCUT2D eigenvalue weighted by atomic mass is 16.7. The monoisotopic (exact) mass is 765 g/mol. The van der Waals surface area contributed by atoms with Crippen molar-refractivity contribution < 1.29 is 53.8 Å². The van der Waals surface area contributed by atoms with Crippen LogP contribution in [0.1, 0.15) is 155 Å². The molecular weight excluding hydrogens is 692 g/mol. The van der Waals surface area contributed by atoms with E-state index in [-0.39, 0.29) is 19.4 Å². The zero-order chi connectivity index (χ0) is 39.7. The number of aliphatic hydroxyl groups is 3. The molecule has 0 aromatic rings. The van der Waals surface area contributed by atoms with Crippen molar-refractivity contribution in [3.8, 4) is 0 Å². The Morgan fingerprint density at radius 2 is 1.09 bits per heavy atom. The van der Waals surface area contributed by atoms with Crippen LogP contribution < -0.4 is 0 Å². The van der Waals surface area contributed by atoms with Gasteiger partial charge in [-0.2, -0.15) is 0 Å². The van der Waals surface area contributed by atoms with E-state index in [0.29, 0.717) is 12.8 Å². The fourth-order valence-electron chi connectivity index (χ4n) is 5.93. The molecule has 1 fully saturated rings. The Labute approximate surface area is 324 Å². The van der Waals surface area contributed by atoms with E-state index in [9.17, 15) is 34.8 Å². The molecule has 1 saturated heterocycles. The van der Waals surface area contributed by atoms with Gasteiger partial charge in [0.2, 0.25) is 0 Å². The van der Waals surface area contributed by atoms with Crippen molar-refractivity contribution in [1.29, 1.82) is 0 Å². The summed E-state index contributed by atoms with van der Waals surface area (Å²) in [6.45, 7) is 3.65. The third kappa shape index (κ3) is 25.3. The van der Waals surface area contributed by atoms with Gasteiger partial charge in [-0.3, -0.25) is 9.59 Å². The number of carboxylic acids is 1. The smallest absolute Gasteiger partial charge is 0.335 e. The van der Waals surface area contributed by atoms with Crippen molar-refractivity contribution in [3.05, 3.63) is 48.6 Å². The minimum atomic E-state index is -1.86. The summed E-state index contributed by atoms with van der Waals surface area (Å²) in [6.07, 6.45) is 28.8. The lowest BCUT2D eigenvalue weighted by molar-refractivity contribution is -0.298. The predicted octanol–water partition coefficient (Wildman–Crippen LogP) is 8.20. The van der Waals surface area contributed by atoms with Gasteiger partial charge in [0.05, 0.1) is 6.61 Å². The maximum atomic E-state index is 12.7. The molecule has 0 spiro atoms. The lowest BCUT2D eigenvalue weighted by Crippen LogP contribution is -2.60. The maximum absolute atomic E-state index is 12.7. The number of aliphatic hydroxyl groups excluding tert-OH is 3. The van der Waals surface area contributed by atoms with Gasteiger partial charge in [0.1, 0.15) is 24.9 Å². The van der Waals surface area contributed by atoms with Gasteiger partial charge in [-0.1, -0.05) is 140 Å². The van der Waals surface area contributed by atoms with E-state index in [0.717, 1.165) is 70.6 Å². The molecule has 4 N–H and O–H groups in total. The van der Waals surface area contributed by atoms with Gasteiger partial charge in [-0.15, -0.1) is 0 Å². The summed E-state index contributed by atoms with van der Waals surface area (Å²) in [5.74, 6) is -2.48. The third-order valence-corrected chi connectivity index (χ3v) is 9.19. The Hall–Kier alpha value is -2.83. The minimum Gasteiger partial charge on any atom is -0.479 e. The zero-order valence-electron chi connectivity index (χ0n) is 33.2. The number of unbranched alkanes of at least 4 members (excludes halogenated alkanes) is 14. The normalized spacial score (nSPS) is 21.1. The first-order valence-corrected chi connectivity index (χ1v) is 20.7. The molecule has 11 nitrogen and oxygen atoms in total. The quantitative estimate of drug-likeness (QED) is 0.0289. The summed E-state index contributed by atoms with van der Waals surface area (Å²) in [6, 6.07) is 0. The summed E-state index contributed by atoms with van der Waals surface area (Å²) in [7, 11) is 0. The number of carboxylic acid groups (broad SMARTS) is 1. The molecule has 1 aliphatic rings. The van der Waals surface area contributed by atoms with Crippen LogP contribution in [-0.4, -0.2) is 88.4 Å². The van der Waals surface area contributed by atoms with Crippen LogP contribution in [0.5, 0.6) is 0 Å². The summed E-state index contributed by atoms with van der Waals surface area (Å²) < 4.78 is 21.6. The van der Waals surface area contributed by atoms with E-state index >= 15 is 0 Å². The van der Waals surface area contributed by atoms with Gasteiger partial charge in [0, 0.05) is 12.8 Å². The van der Waals surface area contributed by atoms with E-state index in [1.165, 1.54) is 44.9 Å². The second-order valence-electron chi connectivity index (χ2n) is 14.1. The van der Waals surface area contributed by atoms with Crippen LogP contribution in [0.2, 0.25) is 0 Å². The van der Waals surface area contributed by atoms with Crippen molar-refractivity contribution in [2.75, 3.05) is 13.2 Å². The number of allylic oxidation sites excluding steroid dienone is 8. The Bertz CT molecular complexity index is 1090. The molecule has 11 heteroatoms. The van der Waals surface area contributed by atoms with E-state index in [1.54, 1.807) is 0 Å². The highest BCUT2D eigenvalue weighted by Crippen LogP contribution is 2.23. The molecule has 1 heterocycles. The van der Waals surface area contributed by atoms with Crippen molar-refractivity contribution >= 4 is 17.9 Å². The molecular formula is C43H72O11. The fraction of sp³-hybridized carbons (Fsp3) is 0.744. The third-order valence-electron chi connectivity index (χ3n) is 9.19. The molecule has 1 aliphatic heterocycles. The number of carbonyl (C=O) groups is 3. The second kappa shape index (κ2) is 33.5. The molecule has 0 saturated carbocycles. The van der Waals surface area contributed by atoms with Gasteiger partial charge in [0.25, 0.3) is 0 Å². The molecule has 54 heavy (non-hydrogen) atoms. The van der Waals surface area contributed by atoms with Crippen LogP contribution in [-0.2, 0) is 33.3 Å². The van der Waals surface area contributed by atoms with Crippen LogP contribution in [0.25, 0.3) is 0 Å². The Morgan fingerprint density at radius 3 is 1.65 bits per heavy atom. The molecule has 0 aliphatic carbocycles. The van der Waals surface area contributed by atoms with Gasteiger partial charge in [0.15, 0.2) is 18.5 Å². The number of hydrogen-bond donors (Lipinski definition) is 4. The van der Waals surface area contributed by atoms with Crippen LogP contribution in [0.15, 0.2) is 48.6 Å². The van der Waals surface area contributed by atoms with Gasteiger partial charge < -0.3 is 39.4 Å². The Morgan fingerprint density at radius 1 is 0.593 bits per heavy atom. The summed E-state index contributed by atoms with van der Waals surface area (Å²) in [5.41, 5.74) is 0. The number of hydrogen-bond acceptors (Lipinski definition) is 10. The number of esters is 2. The maximum Gasteiger partial charge on any atom is 0.335 e. The summed E-state index contributed by atoms with van der Waals surface area (Å²) >= 11 is 0. The largest absolute Gasteiger partial charge is 0.479 e. The highest BCUT2D eigenvalue weighted by molar-refractivity contribution is 5.73. The number of aliphatic carboxylic acids is 1. The Kier molecular flexibility index (Phi) is 30.5. The lowest BCUT2D eigenvalue weighted by Gasteiger charge is -2.38. The first-order valence-electron chi connectivity index (χ1n) is 20.7. The van der Waals surface area contributed by atoms with Crippen LogP contribution in [0, 0.1) is 0 Å². The van der Waals surface area contributed by atoms with Gasteiger partial charge >= 0.3 is 17.9 Å². The highest BCUT2D eigenvalue weighted by Gasteiger charge is 2.47. The van der Waals surface area contributed by atoms with Crippen LogP contribution in [0.4, 0.5) is 0 Å². The van der Waals surface area contributed by atoms with Crippen molar-refractivity contribution in [3.63, 3.8) is 0 Å². The predicted molar refractivity (Wildman–Crippen MR) is 211 cm³/mol. The number of rotatable bonds is 33. The van der Waals surface area contributed by atoms with E-state index < -0.39 is 61.3 Å². The van der Waals surface area contributed by atoms with Gasteiger partial charge in [-0.05, 0) is 51.4 Å². The average Bonchev–Trinajstić information content (AvgIpc) is 3.15. The molecule has 0 aromatic heterocycles. The van der Waals surface area contributed by atoms with Crippen molar-refractivity contribution in [2.24, 2.45) is 0 Å². The van der Waals surface area contributed by atoms with E-state index in [2.05, 4.69) is 62.5 Å². The fourth-order valence-corrected chi connectivity index (χ4v) is 5.93. The summed E-state index contributed by atoms with van der Waals surface area (Å²) in [4.78, 5) is 36.7. The first-order chi connectivity index (χ1) is 26.2. The first kappa shape index (κ1) is 49.2. The lowest BCUT2D eigenvalue weighted by atomic mass is 9.99. The molecule has 0 amide bonds. The van der Waals surface area contributed by atoms with Crippen LogP contribution in [0.3, 0.4) is 0 Å². The molecule has 0 bridgehead atoms. The van der Waals surface area contributed by atoms with E-state index in [4.69, 9.17) is 18.9 Å². The number of carbonyl (C=O) groups excluding carboxylic acids is 2. The molecule has 6 unspecified atom stereocenters. The average molecular weight is 765 g/mol.